The van der Waals surface area contributed by atoms with Crippen LogP contribution in [0.1, 0.15) is 31.7 Å². The normalized spacial score (nSPS) is 27.4. The van der Waals surface area contributed by atoms with Crippen LogP contribution in [0.3, 0.4) is 0 Å². The highest BCUT2D eigenvalue weighted by Crippen LogP contribution is 2.34. The zero-order chi connectivity index (χ0) is 14.8. The van der Waals surface area contributed by atoms with Crippen molar-refractivity contribution in [3.8, 4) is 5.75 Å². The number of halogens is 1. The fourth-order valence-corrected chi connectivity index (χ4v) is 3.58. The summed E-state index contributed by atoms with van der Waals surface area (Å²) in [5.41, 5.74) is 1.32. The van der Waals surface area contributed by atoms with Gasteiger partial charge in [0.1, 0.15) is 5.75 Å². The molecule has 2 aliphatic rings. The Morgan fingerprint density at radius 1 is 1.33 bits per heavy atom. The van der Waals surface area contributed by atoms with E-state index in [4.69, 9.17) is 4.74 Å². The quantitative estimate of drug-likeness (QED) is 0.898. The molecule has 0 aromatic heterocycles. The molecule has 0 spiro atoms. The maximum absolute atomic E-state index is 5.37. The van der Waals surface area contributed by atoms with E-state index in [1.165, 1.54) is 29.3 Å². The van der Waals surface area contributed by atoms with Crippen molar-refractivity contribution in [1.82, 2.24) is 10.2 Å². The number of hydrogen-bond donors (Lipinski definition) is 1. The van der Waals surface area contributed by atoms with Gasteiger partial charge in [-0.1, -0.05) is 15.9 Å². The van der Waals surface area contributed by atoms with Crippen LogP contribution in [0.2, 0.25) is 0 Å². The third-order valence-corrected chi connectivity index (χ3v) is 5.61. The van der Waals surface area contributed by atoms with E-state index >= 15 is 0 Å². The molecular weight excluding hydrogens is 328 g/mol. The Kier molecular flexibility index (Phi) is 4.87. The van der Waals surface area contributed by atoms with Crippen LogP contribution in [0, 0.1) is 5.92 Å². The molecule has 21 heavy (non-hydrogen) atoms. The first-order valence-electron chi connectivity index (χ1n) is 7.97. The first-order valence-corrected chi connectivity index (χ1v) is 8.76. The minimum absolute atomic E-state index is 0.624. The summed E-state index contributed by atoms with van der Waals surface area (Å²) >= 11 is 3.68. The summed E-state index contributed by atoms with van der Waals surface area (Å²) in [6.45, 7) is 5.66. The number of hydrogen-bond acceptors (Lipinski definition) is 3. The monoisotopic (exact) mass is 352 g/mol. The van der Waals surface area contributed by atoms with Crippen LogP contribution in [0.25, 0.3) is 0 Å². The summed E-state index contributed by atoms with van der Waals surface area (Å²) < 4.78 is 6.54. The highest BCUT2D eigenvalue weighted by atomic mass is 79.9. The van der Waals surface area contributed by atoms with Crippen molar-refractivity contribution >= 4 is 15.9 Å². The molecule has 116 valence electrons. The predicted octanol–water partition coefficient (Wildman–Crippen LogP) is 3.42. The highest BCUT2D eigenvalue weighted by Gasteiger charge is 2.34. The predicted molar refractivity (Wildman–Crippen MR) is 89.7 cm³/mol. The summed E-state index contributed by atoms with van der Waals surface area (Å²) in [5.74, 6) is 1.85. The van der Waals surface area contributed by atoms with Crippen LogP contribution in [-0.4, -0.2) is 37.2 Å². The van der Waals surface area contributed by atoms with Gasteiger partial charge in [0.15, 0.2) is 0 Å². The van der Waals surface area contributed by atoms with E-state index in [-0.39, 0.29) is 0 Å². The molecule has 2 unspecified atom stereocenters. The van der Waals surface area contributed by atoms with Gasteiger partial charge in [0.25, 0.3) is 0 Å². The Bertz CT molecular complexity index is 490. The average molecular weight is 353 g/mol. The molecule has 3 nitrogen and oxygen atoms in total. The van der Waals surface area contributed by atoms with E-state index in [0.29, 0.717) is 12.1 Å². The van der Waals surface area contributed by atoms with Gasteiger partial charge in [-0.15, -0.1) is 0 Å². The molecular formula is C17H25BrN2O. The molecule has 1 aliphatic heterocycles. The molecule has 3 rings (SSSR count). The van der Waals surface area contributed by atoms with Crippen molar-refractivity contribution in [2.24, 2.45) is 5.92 Å². The van der Waals surface area contributed by atoms with Crippen LogP contribution < -0.4 is 10.1 Å². The van der Waals surface area contributed by atoms with E-state index in [2.05, 4.69) is 45.2 Å². The lowest BCUT2D eigenvalue weighted by Gasteiger charge is -2.29. The Hall–Kier alpha value is -0.580. The Morgan fingerprint density at radius 3 is 2.86 bits per heavy atom. The second-order valence-electron chi connectivity index (χ2n) is 6.42. The van der Waals surface area contributed by atoms with Crippen LogP contribution in [-0.2, 0) is 6.54 Å². The Balaban J connectivity index is 1.74. The maximum Gasteiger partial charge on any atom is 0.119 e. The van der Waals surface area contributed by atoms with Crippen LogP contribution in [0.4, 0.5) is 0 Å². The average Bonchev–Trinajstić information content (AvgIpc) is 3.31. The molecule has 0 radical (unpaired) electrons. The largest absolute Gasteiger partial charge is 0.497 e. The second kappa shape index (κ2) is 6.67. The van der Waals surface area contributed by atoms with Crippen LogP contribution in [0.15, 0.2) is 22.7 Å². The van der Waals surface area contributed by atoms with E-state index in [0.717, 1.165) is 31.3 Å². The first-order chi connectivity index (χ1) is 10.2. The topological polar surface area (TPSA) is 24.5 Å². The summed E-state index contributed by atoms with van der Waals surface area (Å²) in [4.78, 5) is 2.63. The molecule has 1 heterocycles. The molecule has 1 aromatic carbocycles. The van der Waals surface area contributed by atoms with Crippen molar-refractivity contribution in [1.29, 1.82) is 0 Å². The number of benzene rings is 1. The number of methoxy groups -OCH3 is 1. The van der Waals surface area contributed by atoms with Gasteiger partial charge in [0, 0.05) is 29.6 Å². The zero-order valence-corrected chi connectivity index (χ0v) is 14.5. The van der Waals surface area contributed by atoms with Crippen molar-refractivity contribution in [3.63, 3.8) is 0 Å². The van der Waals surface area contributed by atoms with Gasteiger partial charge < -0.3 is 10.1 Å². The van der Waals surface area contributed by atoms with Crippen molar-refractivity contribution in [2.45, 2.75) is 44.8 Å². The molecule has 1 saturated carbocycles. The summed E-state index contributed by atoms with van der Waals surface area (Å²) in [6, 6.07) is 7.56. The van der Waals surface area contributed by atoms with E-state index in [1.54, 1.807) is 7.11 Å². The Morgan fingerprint density at radius 2 is 2.14 bits per heavy atom. The van der Waals surface area contributed by atoms with E-state index in [9.17, 15) is 0 Å². The second-order valence-corrected chi connectivity index (χ2v) is 7.28. The molecule has 2 atom stereocenters. The number of ether oxygens (including phenoxy) is 1. The molecule has 0 bridgehead atoms. The van der Waals surface area contributed by atoms with Gasteiger partial charge >= 0.3 is 0 Å². The fraction of sp³-hybridized carbons (Fsp3) is 0.647. The van der Waals surface area contributed by atoms with E-state index < -0.39 is 0 Å². The van der Waals surface area contributed by atoms with E-state index in [1.807, 2.05) is 6.07 Å². The van der Waals surface area contributed by atoms with Gasteiger partial charge in [-0.05, 0) is 62.4 Å². The summed E-state index contributed by atoms with van der Waals surface area (Å²) in [5, 5.41) is 3.75. The molecule has 2 fully saturated rings. The molecule has 1 aliphatic carbocycles. The third-order valence-electron chi connectivity index (χ3n) is 4.84. The van der Waals surface area contributed by atoms with Gasteiger partial charge in [0.2, 0.25) is 0 Å². The van der Waals surface area contributed by atoms with Gasteiger partial charge in [-0.2, -0.15) is 0 Å². The van der Waals surface area contributed by atoms with Crippen molar-refractivity contribution < 1.29 is 4.74 Å². The fourth-order valence-electron chi connectivity index (χ4n) is 3.21. The van der Waals surface area contributed by atoms with Gasteiger partial charge in [0.05, 0.1) is 7.11 Å². The summed E-state index contributed by atoms with van der Waals surface area (Å²) in [7, 11) is 1.73. The molecule has 1 aromatic rings. The van der Waals surface area contributed by atoms with Gasteiger partial charge in [-0.3, -0.25) is 4.90 Å². The highest BCUT2D eigenvalue weighted by molar-refractivity contribution is 9.10. The number of rotatable bonds is 4. The molecule has 4 heteroatoms. The third kappa shape index (κ3) is 3.79. The number of nitrogens with one attached hydrogen (secondary N) is 1. The van der Waals surface area contributed by atoms with Crippen molar-refractivity contribution in [2.75, 3.05) is 20.2 Å². The SMILES string of the molecule is COc1ccc(Br)c(CN2CC(C3CC3)NCCC2C)c1. The summed E-state index contributed by atoms with van der Waals surface area (Å²) in [6.07, 6.45) is 4.04. The minimum atomic E-state index is 0.624. The zero-order valence-electron chi connectivity index (χ0n) is 12.9. The molecule has 1 N–H and O–H groups in total. The lowest BCUT2D eigenvalue weighted by molar-refractivity contribution is 0.190. The van der Waals surface area contributed by atoms with Crippen molar-refractivity contribution in [3.05, 3.63) is 28.2 Å². The van der Waals surface area contributed by atoms with Gasteiger partial charge in [-0.25, -0.2) is 0 Å². The lowest BCUT2D eigenvalue weighted by Crippen LogP contribution is -2.41. The minimum Gasteiger partial charge on any atom is -0.497 e. The lowest BCUT2D eigenvalue weighted by atomic mass is 10.1. The van der Waals surface area contributed by atoms with Crippen LogP contribution in [0.5, 0.6) is 5.75 Å². The smallest absolute Gasteiger partial charge is 0.119 e. The standard InChI is InChI=1S/C17H25BrN2O/c1-12-7-8-19-17(13-3-4-13)11-20(12)10-14-9-15(21-2)5-6-16(14)18/h5-6,9,12-13,17,19H,3-4,7-8,10-11H2,1-2H3. The first kappa shape index (κ1) is 15.3. The van der Waals surface area contributed by atoms with Crippen LogP contribution >= 0.6 is 15.9 Å². The Labute approximate surface area is 136 Å². The molecule has 0 amide bonds. The maximum atomic E-state index is 5.37. The number of nitrogens with zero attached hydrogens (tertiary/aromatic N) is 1. The molecule has 1 saturated heterocycles.